The minimum Gasteiger partial charge on any atom is -0.492 e. The van der Waals surface area contributed by atoms with Crippen LogP contribution in [0.25, 0.3) is 10.9 Å². The second-order valence-electron chi connectivity index (χ2n) is 10.9. The van der Waals surface area contributed by atoms with Crippen LogP contribution in [0.4, 0.5) is 0 Å². The molecular weight excluding hydrogens is 496 g/mol. The van der Waals surface area contributed by atoms with E-state index in [1.165, 1.54) is 0 Å². The molecular formula is C30H32N4O5. The van der Waals surface area contributed by atoms with Gasteiger partial charge in [0.2, 0.25) is 11.5 Å². The maximum Gasteiger partial charge on any atom is 0.255 e. The summed E-state index contributed by atoms with van der Waals surface area (Å²) in [5.74, 6) is 0.300. The number of aromatic amines is 1. The van der Waals surface area contributed by atoms with Crippen LogP contribution in [0.2, 0.25) is 0 Å². The van der Waals surface area contributed by atoms with Gasteiger partial charge in [-0.3, -0.25) is 19.3 Å². The van der Waals surface area contributed by atoms with Crippen LogP contribution in [0, 0.1) is 0 Å². The molecule has 9 nitrogen and oxygen atoms in total. The maximum absolute atomic E-state index is 13.3. The molecule has 1 spiro atoms. The number of amides is 2. The SMILES string of the molecule is CNC(=O)C(CCC=O)N1Cc2cc3c(cc2C1=O)OCC31CCN(Cc2cccc3ccc(=O)[nH]c23)CC1. The third-order valence-electron chi connectivity index (χ3n) is 8.65. The van der Waals surface area contributed by atoms with Crippen molar-refractivity contribution in [3.63, 3.8) is 0 Å². The fraction of sp³-hybridized carbons (Fsp3) is 0.400. The zero-order valence-corrected chi connectivity index (χ0v) is 22.0. The highest BCUT2D eigenvalue weighted by atomic mass is 16.5. The molecule has 2 N–H and O–H groups in total. The number of ether oxygens (including phenoxy) is 1. The lowest BCUT2D eigenvalue weighted by Gasteiger charge is -2.38. The number of piperidine rings is 1. The molecule has 0 radical (unpaired) electrons. The number of carbonyl (C=O) groups excluding carboxylic acids is 3. The number of nitrogens with one attached hydrogen (secondary N) is 2. The number of aromatic nitrogens is 1. The first-order valence-electron chi connectivity index (χ1n) is 13.5. The minimum atomic E-state index is -0.683. The molecule has 1 aromatic heterocycles. The largest absolute Gasteiger partial charge is 0.492 e. The van der Waals surface area contributed by atoms with Gasteiger partial charge in [-0.05, 0) is 67.1 Å². The predicted molar refractivity (Wildman–Crippen MR) is 146 cm³/mol. The second-order valence-corrected chi connectivity index (χ2v) is 10.9. The van der Waals surface area contributed by atoms with Crippen molar-refractivity contribution >= 4 is 29.0 Å². The molecule has 3 aromatic rings. The molecule has 3 aliphatic rings. The molecule has 1 atom stereocenters. The number of hydrogen-bond acceptors (Lipinski definition) is 6. The summed E-state index contributed by atoms with van der Waals surface area (Å²) in [6.45, 7) is 3.49. The van der Waals surface area contributed by atoms with Crippen LogP contribution in [0.1, 0.15) is 52.7 Å². The van der Waals surface area contributed by atoms with Crippen LogP contribution < -0.4 is 15.6 Å². The van der Waals surface area contributed by atoms with Crippen molar-refractivity contribution in [3.8, 4) is 5.75 Å². The lowest BCUT2D eigenvalue weighted by Crippen LogP contribution is -2.46. The highest BCUT2D eigenvalue weighted by Gasteiger charge is 2.45. The van der Waals surface area contributed by atoms with Crippen LogP contribution in [0.15, 0.2) is 47.3 Å². The number of H-pyrrole nitrogens is 1. The monoisotopic (exact) mass is 528 g/mol. The van der Waals surface area contributed by atoms with E-state index in [9.17, 15) is 19.2 Å². The highest BCUT2D eigenvalue weighted by molar-refractivity contribution is 6.01. The van der Waals surface area contributed by atoms with E-state index in [0.717, 1.165) is 72.1 Å². The van der Waals surface area contributed by atoms with E-state index in [0.29, 0.717) is 25.1 Å². The normalized spacial score (nSPS) is 18.6. The Morgan fingerprint density at radius 1 is 1.18 bits per heavy atom. The van der Waals surface area contributed by atoms with Crippen molar-refractivity contribution in [2.75, 3.05) is 26.7 Å². The average Bonchev–Trinajstić information content (AvgIpc) is 3.46. The molecule has 3 aliphatic heterocycles. The smallest absolute Gasteiger partial charge is 0.255 e. The fourth-order valence-corrected chi connectivity index (χ4v) is 6.43. The van der Waals surface area contributed by atoms with Crippen molar-refractivity contribution < 1.29 is 19.1 Å². The number of hydrogen-bond donors (Lipinski definition) is 2. The Labute approximate surface area is 226 Å². The molecule has 4 heterocycles. The number of pyridine rings is 1. The van der Waals surface area contributed by atoms with E-state index in [2.05, 4.69) is 27.3 Å². The average molecular weight is 529 g/mol. The van der Waals surface area contributed by atoms with Gasteiger partial charge in [-0.2, -0.15) is 0 Å². The summed E-state index contributed by atoms with van der Waals surface area (Å²) in [5, 5.41) is 3.66. The summed E-state index contributed by atoms with van der Waals surface area (Å²) in [6, 6.07) is 12.8. The van der Waals surface area contributed by atoms with Crippen molar-refractivity contribution in [3.05, 3.63) is 75.1 Å². The van der Waals surface area contributed by atoms with Gasteiger partial charge in [0.25, 0.3) is 5.91 Å². The van der Waals surface area contributed by atoms with Crippen molar-refractivity contribution in [1.82, 2.24) is 20.1 Å². The molecule has 39 heavy (non-hydrogen) atoms. The van der Waals surface area contributed by atoms with Crippen molar-refractivity contribution in [1.29, 1.82) is 0 Å². The molecule has 202 valence electrons. The molecule has 2 amide bonds. The zero-order valence-electron chi connectivity index (χ0n) is 22.0. The van der Waals surface area contributed by atoms with Crippen LogP contribution in [0.5, 0.6) is 5.75 Å². The minimum absolute atomic E-state index is 0.0952. The summed E-state index contributed by atoms with van der Waals surface area (Å²) in [5.41, 5.74) is 4.44. The summed E-state index contributed by atoms with van der Waals surface area (Å²) < 4.78 is 6.16. The van der Waals surface area contributed by atoms with E-state index in [-0.39, 0.29) is 29.2 Å². The molecule has 1 fully saturated rings. The van der Waals surface area contributed by atoms with Gasteiger partial charge in [-0.25, -0.2) is 0 Å². The quantitative estimate of drug-likeness (QED) is 0.456. The van der Waals surface area contributed by atoms with Crippen molar-refractivity contribution in [2.45, 2.75) is 50.2 Å². The van der Waals surface area contributed by atoms with Crippen molar-refractivity contribution in [2.24, 2.45) is 0 Å². The lowest BCUT2D eigenvalue weighted by atomic mass is 9.74. The molecule has 6 rings (SSSR count). The van der Waals surface area contributed by atoms with Gasteiger partial charge in [-0.15, -0.1) is 0 Å². The summed E-state index contributed by atoms with van der Waals surface area (Å²) >= 11 is 0. The number of likely N-dealkylation sites (N-methyl/N-ethyl adjacent to an activating group) is 1. The molecule has 0 saturated carbocycles. The third kappa shape index (κ3) is 4.40. The Morgan fingerprint density at radius 2 is 2.00 bits per heavy atom. The number of benzene rings is 2. The first-order chi connectivity index (χ1) is 18.9. The zero-order chi connectivity index (χ0) is 27.1. The molecule has 2 aromatic carbocycles. The van der Waals surface area contributed by atoms with Crippen LogP contribution in [0.3, 0.4) is 0 Å². The Kier molecular flexibility index (Phi) is 6.46. The fourth-order valence-electron chi connectivity index (χ4n) is 6.43. The number of fused-ring (bicyclic) bond motifs is 4. The van der Waals surface area contributed by atoms with Gasteiger partial charge in [0.15, 0.2) is 0 Å². The number of carbonyl (C=O) groups is 3. The molecule has 0 aliphatic carbocycles. The number of rotatable bonds is 7. The summed E-state index contributed by atoms with van der Waals surface area (Å²) in [4.78, 5) is 55.7. The predicted octanol–water partition coefficient (Wildman–Crippen LogP) is 2.50. The van der Waals surface area contributed by atoms with E-state index in [1.807, 2.05) is 24.3 Å². The van der Waals surface area contributed by atoms with Gasteiger partial charge >= 0.3 is 0 Å². The highest BCUT2D eigenvalue weighted by Crippen LogP contribution is 2.48. The topological polar surface area (TPSA) is 112 Å². The van der Waals surface area contributed by atoms with Gasteiger partial charge in [0.05, 0.1) is 12.1 Å². The number of aldehydes is 1. The van der Waals surface area contributed by atoms with Gasteiger partial charge in [-0.1, -0.05) is 18.2 Å². The maximum atomic E-state index is 13.3. The summed E-state index contributed by atoms with van der Waals surface area (Å²) in [6.07, 6.45) is 3.15. The van der Waals surface area contributed by atoms with E-state index < -0.39 is 6.04 Å². The number of para-hydroxylation sites is 1. The molecule has 1 saturated heterocycles. The first kappa shape index (κ1) is 25.3. The van der Waals surface area contributed by atoms with E-state index in [4.69, 9.17) is 4.74 Å². The number of nitrogens with zero attached hydrogens (tertiary/aromatic N) is 2. The van der Waals surface area contributed by atoms with Crippen LogP contribution in [-0.4, -0.2) is 65.7 Å². The van der Waals surface area contributed by atoms with Gasteiger partial charge < -0.3 is 24.7 Å². The van der Waals surface area contributed by atoms with Crippen LogP contribution in [-0.2, 0) is 28.1 Å². The standard InChI is InChI=1S/C30H32N4O5/c1-31-28(37)24(6-3-13-35)34-17-21-14-23-25(15-22(21)29(34)38)39-18-30(23)9-11-33(12-10-30)16-20-5-2-4-19-7-8-26(36)32-27(19)20/h2,4-5,7-8,13-15,24H,3,6,9-12,16-18H2,1H3,(H,31,37)(H,32,36). The van der Waals surface area contributed by atoms with Gasteiger partial charge in [0, 0.05) is 49.2 Å². The van der Waals surface area contributed by atoms with E-state index in [1.54, 1.807) is 18.0 Å². The van der Waals surface area contributed by atoms with Crippen LogP contribution >= 0.6 is 0 Å². The third-order valence-corrected chi connectivity index (χ3v) is 8.65. The molecule has 1 unspecified atom stereocenters. The first-order valence-corrected chi connectivity index (χ1v) is 13.5. The Bertz CT molecular complexity index is 1520. The Morgan fingerprint density at radius 3 is 2.77 bits per heavy atom. The molecule has 0 bridgehead atoms. The van der Waals surface area contributed by atoms with Gasteiger partial charge in [0.1, 0.15) is 18.1 Å². The lowest BCUT2D eigenvalue weighted by molar-refractivity contribution is -0.125. The summed E-state index contributed by atoms with van der Waals surface area (Å²) in [7, 11) is 1.54. The molecule has 9 heteroatoms. The Balaban J connectivity index is 1.20. The second kappa shape index (κ2) is 9.96. The Hall–Kier alpha value is -3.98. The van der Waals surface area contributed by atoms with E-state index >= 15 is 0 Å². The number of likely N-dealkylation sites (tertiary alicyclic amines) is 1.